The number of rotatable bonds is 9. The Morgan fingerprint density at radius 3 is 2.28 bits per heavy atom. The van der Waals surface area contributed by atoms with E-state index in [1.165, 1.54) is 33.5 Å². The quantitative estimate of drug-likeness (QED) is 0.246. The summed E-state index contributed by atoms with van der Waals surface area (Å²) in [5.41, 5.74) is 1.79. The molecule has 2 amide bonds. The smallest absolute Gasteiger partial charge is 0.283 e. The molecule has 202 valence electrons. The minimum atomic E-state index is -0.725. The van der Waals surface area contributed by atoms with E-state index in [4.69, 9.17) is 37.4 Å². The number of hydrogen-bond acceptors (Lipinski definition) is 7. The van der Waals surface area contributed by atoms with Crippen LogP contribution in [0.4, 0.5) is 5.69 Å². The minimum Gasteiger partial charge on any atom is -0.493 e. The molecule has 0 radical (unpaired) electrons. The van der Waals surface area contributed by atoms with E-state index >= 15 is 0 Å². The maximum atomic E-state index is 12.7. The highest BCUT2D eigenvalue weighted by atomic mass is 35.5. The van der Waals surface area contributed by atoms with E-state index in [1.54, 1.807) is 34.9 Å². The maximum Gasteiger partial charge on any atom is 0.283 e. The summed E-state index contributed by atoms with van der Waals surface area (Å²) in [5, 5.41) is 22.6. The first kappa shape index (κ1) is 27.7. The van der Waals surface area contributed by atoms with Crippen molar-refractivity contribution in [3.63, 3.8) is 0 Å². The Bertz CT molecular complexity index is 1560. The lowest BCUT2D eigenvalue weighted by atomic mass is 10.1. The molecule has 0 bridgehead atoms. The number of aromatic hydroxyl groups is 1. The van der Waals surface area contributed by atoms with Gasteiger partial charge in [-0.2, -0.15) is 0 Å². The van der Waals surface area contributed by atoms with Crippen LogP contribution in [0.3, 0.4) is 0 Å². The van der Waals surface area contributed by atoms with Gasteiger partial charge in [-0.1, -0.05) is 47.5 Å². The third kappa shape index (κ3) is 5.92. The van der Waals surface area contributed by atoms with Gasteiger partial charge in [0.2, 0.25) is 11.6 Å². The molecule has 0 aliphatic heterocycles. The number of carbonyl (C=O) groups excluding carboxylic acids is 2. The van der Waals surface area contributed by atoms with Gasteiger partial charge in [0.15, 0.2) is 17.2 Å². The number of para-hydroxylation sites is 1. The Hall–Kier alpha value is -4.28. The largest absolute Gasteiger partial charge is 0.493 e. The van der Waals surface area contributed by atoms with Crippen molar-refractivity contribution in [3.8, 4) is 23.1 Å². The predicted molar refractivity (Wildman–Crippen MR) is 147 cm³/mol. The van der Waals surface area contributed by atoms with Gasteiger partial charge in [0, 0.05) is 10.9 Å². The van der Waals surface area contributed by atoms with E-state index in [0.717, 1.165) is 5.56 Å². The van der Waals surface area contributed by atoms with Crippen molar-refractivity contribution in [2.45, 2.75) is 6.54 Å². The van der Waals surface area contributed by atoms with Crippen molar-refractivity contribution in [3.05, 3.63) is 75.8 Å². The summed E-state index contributed by atoms with van der Waals surface area (Å²) in [6.45, 7) is -0.154. The van der Waals surface area contributed by atoms with E-state index in [2.05, 4.69) is 15.5 Å². The average molecular weight is 571 g/mol. The van der Waals surface area contributed by atoms with E-state index in [1.807, 2.05) is 12.1 Å². The highest BCUT2D eigenvalue weighted by Crippen LogP contribution is 2.40. The van der Waals surface area contributed by atoms with Crippen molar-refractivity contribution >= 4 is 51.6 Å². The van der Waals surface area contributed by atoms with Crippen molar-refractivity contribution in [2.75, 3.05) is 27.9 Å². The van der Waals surface area contributed by atoms with Crippen LogP contribution >= 0.6 is 23.2 Å². The number of ether oxygens (including phenoxy) is 3. The summed E-state index contributed by atoms with van der Waals surface area (Å²) >= 11 is 12.2. The number of hydrogen-bond donors (Lipinski definition) is 2. The van der Waals surface area contributed by atoms with Gasteiger partial charge in [0.25, 0.3) is 11.8 Å². The van der Waals surface area contributed by atoms with Crippen LogP contribution in [0.25, 0.3) is 10.9 Å². The highest BCUT2D eigenvalue weighted by molar-refractivity contribution is 6.42. The number of amides is 2. The number of fused-ring (bicyclic) bond motifs is 1. The topological polar surface area (TPSA) is 124 Å². The fourth-order valence-corrected chi connectivity index (χ4v) is 4.28. The molecule has 1 aromatic heterocycles. The predicted octanol–water partition coefficient (Wildman–Crippen LogP) is 5.77. The zero-order valence-electron chi connectivity index (χ0n) is 21.2. The van der Waals surface area contributed by atoms with Gasteiger partial charge >= 0.3 is 0 Å². The molecule has 0 fully saturated rings. The molecule has 0 spiro atoms. The molecule has 4 aromatic rings. The van der Waals surface area contributed by atoms with E-state index < -0.39 is 18.4 Å². The zero-order valence-corrected chi connectivity index (χ0v) is 22.7. The molecular weight excluding hydrogens is 547 g/mol. The first-order valence-electron chi connectivity index (χ1n) is 11.5. The fraction of sp³-hybridized carbons (Fsp3) is 0.185. The van der Waals surface area contributed by atoms with Crippen LogP contribution in [-0.2, 0) is 11.3 Å². The molecule has 4 rings (SSSR count). The monoisotopic (exact) mass is 570 g/mol. The second kappa shape index (κ2) is 12.1. The Morgan fingerprint density at radius 2 is 1.64 bits per heavy atom. The number of methoxy groups -OCH3 is 3. The van der Waals surface area contributed by atoms with Gasteiger partial charge in [-0.15, -0.1) is 10.2 Å². The number of carbonyl (C=O) groups is 2. The number of azo groups is 1. The van der Waals surface area contributed by atoms with Crippen LogP contribution in [0.2, 0.25) is 10.0 Å². The van der Waals surface area contributed by atoms with Crippen LogP contribution in [0.1, 0.15) is 15.9 Å². The second-order valence-electron chi connectivity index (χ2n) is 8.21. The molecule has 2 N–H and O–H groups in total. The van der Waals surface area contributed by atoms with Crippen LogP contribution in [0, 0.1) is 0 Å². The van der Waals surface area contributed by atoms with Crippen molar-refractivity contribution < 1.29 is 28.9 Å². The average Bonchev–Trinajstić information content (AvgIpc) is 3.21. The van der Waals surface area contributed by atoms with Gasteiger partial charge in [-0.3, -0.25) is 9.59 Å². The summed E-state index contributed by atoms with van der Waals surface area (Å²) < 4.78 is 17.4. The summed E-state index contributed by atoms with van der Waals surface area (Å²) in [5.74, 6) is -0.545. The summed E-state index contributed by atoms with van der Waals surface area (Å²) in [6, 6.07) is 15.3. The molecule has 0 saturated heterocycles. The molecule has 0 saturated carbocycles. The number of nitrogens with one attached hydrogen (secondary N) is 1. The molecule has 1 heterocycles. The highest BCUT2D eigenvalue weighted by Gasteiger charge is 2.19. The van der Waals surface area contributed by atoms with Gasteiger partial charge in [0.05, 0.1) is 43.4 Å². The molecule has 0 aliphatic carbocycles. The summed E-state index contributed by atoms with van der Waals surface area (Å²) in [4.78, 5) is 25.1. The normalized spacial score (nSPS) is 11.1. The number of aromatic nitrogens is 1. The third-order valence-electron chi connectivity index (χ3n) is 5.83. The molecule has 0 aliphatic rings. The van der Waals surface area contributed by atoms with Gasteiger partial charge in [-0.05, 0) is 35.9 Å². The Balaban J connectivity index is 1.51. The van der Waals surface area contributed by atoms with Crippen LogP contribution in [0.15, 0.2) is 64.8 Å². The zero-order chi connectivity index (χ0) is 28.1. The van der Waals surface area contributed by atoms with Crippen molar-refractivity contribution in [1.29, 1.82) is 0 Å². The number of nitrogens with zero attached hydrogens (tertiary/aromatic N) is 3. The van der Waals surface area contributed by atoms with Gasteiger partial charge in [0.1, 0.15) is 6.54 Å². The summed E-state index contributed by atoms with van der Waals surface area (Å²) in [7, 11) is 4.31. The lowest BCUT2D eigenvalue weighted by Gasteiger charge is -2.13. The molecule has 3 aromatic carbocycles. The standard InChI is InChI=1S/C27H24Cl2N4O6/c1-37-21-11-16(12-22(38-2)25(21)39-3)26(35)30-13-23(34)31-32-24-17-6-4-5-7-20(17)33(27(24)36)14-15-8-9-18(28)19(29)10-15/h4-12,36H,13-14H2,1-3H3,(H,30,35). The molecule has 39 heavy (non-hydrogen) atoms. The molecule has 0 atom stereocenters. The first-order valence-corrected chi connectivity index (χ1v) is 12.3. The van der Waals surface area contributed by atoms with Gasteiger partial charge in [-0.25, -0.2) is 0 Å². The lowest BCUT2D eigenvalue weighted by molar-refractivity contribution is -0.117. The second-order valence-corrected chi connectivity index (χ2v) is 9.03. The van der Waals surface area contributed by atoms with E-state index in [0.29, 0.717) is 38.2 Å². The Morgan fingerprint density at radius 1 is 0.949 bits per heavy atom. The minimum absolute atomic E-state index is 0.120. The van der Waals surface area contributed by atoms with Crippen molar-refractivity contribution in [2.24, 2.45) is 10.2 Å². The number of halogens is 2. The van der Waals surface area contributed by atoms with Crippen LogP contribution < -0.4 is 19.5 Å². The van der Waals surface area contributed by atoms with Gasteiger partial charge < -0.3 is 29.2 Å². The first-order chi connectivity index (χ1) is 18.8. The van der Waals surface area contributed by atoms with E-state index in [9.17, 15) is 14.7 Å². The third-order valence-corrected chi connectivity index (χ3v) is 6.57. The fourth-order valence-electron chi connectivity index (χ4n) is 3.96. The number of benzene rings is 3. The van der Waals surface area contributed by atoms with Crippen molar-refractivity contribution in [1.82, 2.24) is 9.88 Å². The van der Waals surface area contributed by atoms with E-state index in [-0.39, 0.29) is 23.7 Å². The Labute approximate surface area is 233 Å². The van der Waals surface area contributed by atoms with Crippen LogP contribution in [-0.4, -0.2) is 49.4 Å². The molecule has 0 unspecified atom stereocenters. The lowest BCUT2D eigenvalue weighted by Crippen LogP contribution is -2.28. The SMILES string of the molecule is COc1cc(C(=O)NCC(=O)N=Nc2c(O)n(Cc3ccc(Cl)c(Cl)c3)c3ccccc23)cc(OC)c1OC. The van der Waals surface area contributed by atoms with Crippen LogP contribution in [0.5, 0.6) is 23.1 Å². The molecule has 12 heteroatoms. The molecule has 10 nitrogen and oxygen atoms in total. The maximum absolute atomic E-state index is 12.7. The Kier molecular flexibility index (Phi) is 8.58. The summed E-state index contributed by atoms with van der Waals surface area (Å²) in [6.07, 6.45) is 0. The molecular formula is C27H24Cl2N4O6.